The van der Waals surface area contributed by atoms with Crippen molar-refractivity contribution < 1.29 is 9.53 Å². The van der Waals surface area contributed by atoms with Gasteiger partial charge in [0.2, 0.25) is 0 Å². The van der Waals surface area contributed by atoms with Gasteiger partial charge in [0.05, 0.1) is 19.1 Å². The van der Waals surface area contributed by atoms with Crippen LogP contribution in [0.3, 0.4) is 0 Å². The molecular formula is C16H21NO2. The Morgan fingerprint density at radius 3 is 2.74 bits per heavy atom. The van der Waals surface area contributed by atoms with Gasteiger partial charge in [0.25, 0.3) is 0 Å². The van der Waals surface area contributed by atoms with E-state index in [1.807, 2.05) is 18.2 Å². The van der Waals surface area contributed by atoms with E-state index in [0.29, 0.717) is 0 Å². The summed E-state index contributed by atoms with van der Waals surface area (Å²) in [4.78, 5) is 16.6. The van der Waals surface area contributed by atoms with Crippen LogP contribution in [0.1, 0.15) is 44.2 Å². The van der Waals surface area contributed by atoms with Gasteiger partial charge in [0, 0.05) is 5.71 Å². The predicted octanol–water partition coefficient (Wildman–Crippen LogP) is 3.55. The number of aliphatic imine (C=N–C) groups is 1. The van der Waals surface area contributed by atoms with Crippen LogP contribution in [0.25, 0.3) is 0 Å². The first kappa shape index (κ1) is 13.8. The number of hydrogen-bond acceptors (Lipinski definition) is 3. The first-order valence-electron chi connectivity index (χ1n) is 6.91. The minimum Gasteiger partial charge on any atom is -0.469 e. The molecule has 0 amide bonds. The molecule has 0 bridgehead atoms. The molecule has 0 aliphatic heterocycles. The second kappa shape index (κ2) is 6.50. The van der Waals surface area contributed by atoms with Crippen LogP contribution in [0, 0.1) is 5.92 Å². The average Bonchev–Trinajstić information content (AvgIpc) is 2.48. The van der Waals surface area contributed by atoms with Gasteiger partial charge in [0.15, 0.2) is 0 Å². The monoisotopic (exact) mass is 259 g/mol. The zero-order valence-corrected chi connectivity index (χ0v) is 11.6. The number of rotatable bonds is 3. The molecule has 0 aromatic heterocycles. The molecule has 1 aromatic carbocycles. The number of carbonyl (C=O) groups is 1. The van der Waals surface area contributed by atoms with Gasteiger partial charge in [-0.2, -0.15) is 0 Å². The van der Waals surface area contributed by atoms with Gasteiger partial charge < -0.3 is 4.74 Å². The Balaban J connectivity index is 2.17. The molecule has 2 unspecified atom stereocenters. The molecule has 19 heavy (non-hydrogen) atoms. The fraction of sp³-hybridized carbons (Fsp3) is 0.500. The maximum absolute atomic E-state index is 11.8. The van der Waals surface area contributed by atoms with E-state index < -0.39 is 0 Å². The van der Waals surface area contributed by atoms with Crippen LogP contribution >= 0.6 is 0 Å². The highest BCUT2D eigenvalue weighted by Crippen LogP contribution is 2.26. The van der Waals surface area contributed by atoms with E-state index in [0.717, 1.165) is 31.4 Å². The van der Waals surface area contributed by atoms with Crippen LogP contribution in [0.15, 0.2) is 35.3 Å². The standard InChI is InChI=1S/C16H21NO2/c1-12(13-8-4-3-5-9-13)17-15-11-7-6-10-14(15)16(18)19-2/h3-5,8-9,12,14H,6-7,10-11H2,1-2H3. The highest BCUT2D eigenvalue weighted by Gasteiger charge is 2.28. The summed E-state index contributed by atoms with van der Waals surface area (Å²) >= 11 is 0. The molecule has 0 heterocycles. The molecule has 2 atom stereocenters. The van der Waals surface area contributed by atoms with Crippen LogP contribution in [0.4, 0.5) is 0 Å². The van der Waals surface area contributed by atoms with E-state index in [-0.39, 0.29) is 17.9 Å². The minimum absolute atomic E-state index is 0.0986. The highest BCUT2D eigenvalue weighted by molar-refractivity contribution is 6.02. The normalized spacial score (nSPS) is 23.1. The lowest BCUT2D eigenvalue weighted by atomic mass is 9.87. The number of esters is 1. The Morgan fingerprint density at radius 2 is 2.05 bits per heavy atom. The van der Waals surface area contributed by atoms with Crippen LogP contribution in [0.2, 0.25) is 0 Å². The molecule has 0 radical (unpaired) electrons. The maximum atomic E-state index is 11.8. The molecule has 1 fully saturated rings. The van der Waals surface area contributed by atoms with Crippen molar-refractivity contribution in [3.63, 3.8) is 0 Å². The second-order valence-electron chi connectivity index (χ2n) is 5.03. The van der Waals surface area contributed by atoms with E-state index in [9.17, 15) is 4.79 Å². The van der Waals surface area contributed by atoms with E-state index in [1.54, 1.807) is 0 Å². The fourth-order valence-electron chi connectivity index (χ4n) is 2.60. The Kier molecular flexibility index (Phi) is 4.72. The first-order chi connectivity index (χ1) is 9.22. The van der Waals surface area contributed by atoms with Gasteiger partial charge in [-0.25, -0.2) is 0 Å². The lowest BCUT2D eigenvalue weighted by Crippen LogP contribution is -2.28. The smallest absolute Gasteiger partial charge is 0.314 e. The molecule has 1 aliphatic rings. The van der Waals surface area contributed by atoms with Gasteiger partial charge >= 0.3 is 5.97 Å². The number of ether oxygens (including phenoxy) is 1. The summed E-state index contributed by atoms with van der Waals surface area (Å²) in [5, 5.41) is 0. The molecule has 2 rings (SSSR count). The Labute approximate surface area is 114 Å². The van der Waals surface area contributed by atoms with Gasteiger partial charge in [-0.15, -0.1) is 0 Å². The third-order valence-corrected chi connectivity index (χ3v) is 3.71. The summed E-state index contributed by atoms with van der Waals surface area (Å²) in [5.41, 5.74) is 2.19. The van der Waals surface area contributed by atoms with Gasteiger partial charge in [-0.05, 0) is 31.7 Å². The fourth-order valence-corrected chi connectivity index (χ4v) is 2.60. The van der Waals surface area contributed by atoms with Crippen molar-refractivity contribution in [1.29, 1.82) is 0 Å². The van der Waals surface area contributed by atoms with Crippen molar-refractivity contribution in [2.45, 2.75) is 38.6 Å². The third-order valence-electron chi connectivity index (χ3n) is 3.71. The van der Waals surface area contributed by atoms with E-state index in [1.165, 1.54) is 12.7 Å². The summed E-state index contributed by atoms with van der Waals surface area (Å²) in [6, 6.07) is 10.3. The lowest BCUT2D eigenvalue weighted by molar-refractivity contribution is -0.143. The van der Waals surface area contributed by atoms with Crippen LogP contribution in [-0.4, -0.2) is 18.8 Å². The molecule has 3 nitrogen and oxygen atoms in total. The van der Waals surface area contributed by atoms with Crippen molar-refractivity contribution in [3.8, 4) is 0 Å². The molecule has 3 heteroatoms. The summed E-state index contributed by atoms with van der Waals surface area (Å²) in [6.07, 6.45) is 3.98. The second-order valence-corrected chi connectivity index (χ2v) is 5.03. The predicted molar refractivity (Wildman–Crippen MR) is 76.3 cm³/mol. The zero-order valence-electron chi connectivity index (χ0n) is 11.6. The summed E-state index contributed by atoms with van der Waals surface area (Å²) < 4.78 is 4.89. The van der Waals surface area contributed by atoms with Crippen LogP contribution < -0.4 is 0 Å². The lowest BCUT2D eigenvalue weighted by Gasteiger charge is -2.23. The number of hydrogen-bond donors (Lipinski definition) is 0. The SMILES string of the molecule is COC(=O)C1CCCCC1=NC(C)c1ccccc1. The van der Waals surface area contributed by atoms with E-state index in [4.69, 9.17) is 9.73 Å². The van der Waals surface area contributed by atoms with Crippen molar-refractivity contribution in [2.24, 2.45) is 10.9 Å². The largest absolute Gasteiger partial charge is 0.469 e. The number of carbonyl (C=O) groups excluding carboxylic acids is 1. The number of methoxy groups -OCH3 is 1. The van der Waals surface area contributed by atoms with Crippen molar-refractivity contribution in [2.75, 3.05) is 7.11 Å². The Hall–Kier alpha value is -1.64. The molecular weight excluding hydrogens is 238 g/mol. The molecule has 1 aliphatic carbocycles. The van der Waals surface area contributed by atoms with Crippen molar-refractivity contribution in [3.05, 3.63) is 35.9 Å². The van der Waals surface area contributed by atoms with Gasteiger partial charge in [0.1, 0.15) is 0 Å². The molecule has 0 saturated heterocycles. The van der Waals surface area contributed by atoms with Crippen LogP contribution in [-0.2, 0) is 9.53 Å². The average molecular weight is 259 g/mol. The van der Waals surface area contributed by atoms with Gasteiger partial charge in [-0.1, -0.05) is 36.8 Å². The maximum Gasteiger partial charge on any atom is 0.314 e. The quantitative estimate of drug-likeness (QED) is 0.779. The Bertz CT molecular complexity index is 453. The van der Waals surface area contributed by atoms with Crippen LogP contribution in [0.5, 0.6) is 0 Å². The number of benzene rings is 1. The first-order valence-corrected chi connectivity index (χ1v) is 6.91. The molecule has 1 saturated carbocycles. The third kappa shape index (κ3) is 3.43. The minimum atomic E-state index is -0.140. The van der Waals surface area contributed by atoms with Crippen molar-refractivity contribution in [1.82, 2.24) is 0 Å². The molecule has 102 valence electrons. The molecule has 0 N–H and O–H groups in total. The Morgan fingerprint density at radius 1 is 1.32 bits per heavy atom. The molecule has 0 spiro atoms. The topological polar surface area (TPSA) is 38.7 Å². The van der Waals surface area contributed by atoms with E-state index in [2.05, 4.69) is 19.1 Å². The highest BCUT2D eigenvalue weighted by atomic mass is 16.5. The van der Waals surface area contributed by atoms with Crippen molar-refractivity contribution >= 4 is 11.7 Å². The van der Waals surface area contributed by atoms with Gasteiger partial charge in [-0.3, -0.25) is 9.79 Å². The summed E-state index contributed by atoms with van der Waals surface area (Å²) in [7, 11) is 1.45. The zero-order chi connectivity index (χ0) is 13.7. The molecule has 1 aromatic rings. The summed E-state index contributed by atoms with van der Waals surface area (Å²) in [5.74, 6) is -0.274. The van der Waals surface area contributed by atoms with E-state index >= 15 is 0 Å². The number of nitrogens with zero attached hydrogens (tertiary/aromatic N) is 1. The summed E-state index contributed by atoms with van der Waals surface area (Å²) in [6.45, 7) is 2.07.